The summed E-state index contributed by atoms with van der Waals surface area (Å²) in [5.41, 5.74) is 3.20. The standard InChI is InChI=1S/C23H30N2O4S/c1-17-13-18(2)15-20(14-17)24(3)23(26)19-9-10-21(29-4)22(16-19)30(27,28)25-11-7-5-6-8-12-25/h9-10,13-16H,5-8,11-12H2,1-4H3. The lowest BCUT2D eigenvalue weighted by atomic mass is 10.1. The summed E-state index contributed by atoms with van der Waals surface area (Å²) in [6.45, 7) is 4.94. The summed E-state index contributed by atoms with van der Waals surface area (Å²) in [7, 11) is -0.608. The molecule has 2 aromatic carbocycles. The number of benzene rings is 2. The monoisotopic (exact) mass is 430 g/mol. The highest BCUT2D eigenvalue weighted by atomic mass is 32.2. The van der Waals surface area contributed by atoms with Gasteiger partial charge in [-0.2, -0.15) is 4.31 Å². The second kappa shape index (κ2) is 9.18. The van der Waals surface area contributed by atoms with Crippen molar-refractivity contribution in [2.24, 2.45) is 0 Å². The zero-order valence-electron chi connectivity index (χ0n) is 18.1. The third-order valence-corrected chi connectivity index (χ3v) is 7.41. The molecule has 0 unspecified atom stereocenters. The molecule has 1 aliphatic heterocycles. The topological polar surface area (TPSA) is 66.9 Å². The smallest absolute Gasteiger partial charge is 0.258 e. The van der Waals surface area contributed by atoms with Crippen LogP contribution in [0.2, 0.25) is 0 Å². The second-order valence-electron chi connectivity index (χ2n) is 7.89. The average Bonchev–Trinajstić information content (AvgIpc) is 3.01. The van der Waals surface area contributed by atoms with Gasteiger partial charge < -0.3 is 9.64 Å². The van der Waals surface area contributed by atoms with Crippen molar-refractivity contribution in [3.8, 4) is 5.75 Å². The molecule has 0 aliphatic carbocycles. The third-order valence-electron chi connectivity index (χ3n) is 5.49. The van der Waals surface area contributed by atoms with Crippen molar-refractivity contribution in [1.82, 2.24) is 4.31 Å². The number of sulfonamides is 1. The first kappa shape index (κ1) is 22.3. The molecule has 1 saturated heterocycles. The molecule has 0 spiro atoms. The lowest BCUT2D eigenvalue weighted by Gasteiger charge is -2.23. The number of ether oxygens (including phenoxy) is 1. The van der Waals surface area contributed by atoms with Crippen LogP contribution in [0.5, 0.6) is 5.75 Å². The molecule has 0 aromatic heterocycles. The molecule has 3 rings (SSSR count). The summed E-state index contributed by atoms with van der Waals surface area (Å²) < 4.78 is 33.5. The van der Waals surface area contributed by atoms with Gasteiger partial charge in [-0.3, -0.25) is 4.79 Å². The van der Waals surface area contributed by atoms with Crippen LogP contribution in [0.3, 0.4) is 0 Å². The Balaban J connectivity index is 1.98. The molecule has 30 heavy (non-hydrogen) atoms. The molecular weight excluding hydrogens is 400 g/mol. The van der Waals surface area contributed by atoms with Crippen LogP contribution in [0.15, 0.2) is 41.3 Å². The Labute approximate surface area is 179 Å². The number of rotatable bonds is 5. The van der Waals surface area contributed by atoms with E-state index in [0.29, 0.717) is 18.7 Å². The van der Waals surface area contributed by atoms with Gasteiger partial charge in [-0.05, 0) is 68.1 Å². The number of methoxy groups -OCH3 is 1. The van der Waals surface area contributed by atoms with Crippen molar-refractivity contribution in [1.29, 1.82) is 0 Å². The van der Waals surface area contributed by atoms with Crippen LogP contribution in [0.1, 0.15) is 47.2 Å². The summed E-state index contributed by atoms with van der Waals surface area (Å²) in [5, 5.41) is 0. The van der Waals surface area contributed by atoms with Gasteiger partial charge in [-0.1, -0.05) is 18.9 Å². The summed E-state index contributed by atoms with van der Waals surface area (Å²) in [6, 6.07) is 10.5. The fourth-order valence-corrected chi connectivity index (χ4v) is 5.59. The zero-order valence-corrected chi connectivity index (χ0v) is 19.0. The number of amides is 1. The number of aryl methyl sites for hydroxylation is 2. The molecule has 1 heterocycles. The van der Waals surface area contributed by atoms with Gasteiger partial charge in [0.25, 0.3) is 5.91 Å². The van der Waals surface area contributed by atoms with Crippen LogP contribution >= 0.6 is 0 Å². The van der Waals surface area contributed by atoms with Gasteiger partial charge in [0.2, 0.25) is 10.0 Å². The second-order valence-corrected chi connectivity index (χ2v) is 9.80. The Hall–Kier alpha value is -2.38. The van der Waals surface area contributed by atoms with E-state index in [1.54, 1.807) is 24.1 Å². The van der Waals surface area contributed by atoms with Crippen molar-refractivity contribution >= 4 is 21.6 Å². The molecule has 0 N–H and O–H groups in total. The molecule has 1 aliphatic rings. The SMILES string of the molecule is COc1ccc(C(=O)N(C)c2cc(C)cc(C)c2)cc1S(=O)(=O)N1CCCCCC1. The van der Waals surface area contributed by atoms with Crippen LogP contribution in [0, 0.1) is 13.8 Å². The lowest BCUT2D eigenvalue weighted by Crippen LogP contribution is -2.32. The van der Waals surface area contributed by atoms with Crippen molar-refractivity contribution in [2.45, 2.75) is 44.4 Å². The fourth-order valence-electron chi connectivity index (χ4n) is 3.89. The highest BCUT2D eigenvalue weighted by Crippen LogP contribution is 2.30. The normalized spacial score (nSPS) is 15.5. The largest absolute Gasteiger partial charge is 0.495 e. The van der Waals surface area contributed by atoms with E-state index in [1.165, 1.54) is 17.5 Å². The van der Waals surface area contributed by atoms with Crippen LogP contribution in [-0.4, -0.2) is 45.9 Å². The first-order chi connectivity index (χ1) is 14.2. The van der Waals surface area contributed by atoms with E-state index in [-0.39, 0.29) is 16.6 Å². The Morgan fingerprint density at radius 2 is 1.57 bits per heavy atom. The van der Waals surface area contributed by atoms with E-state index in [4.69, 9.17) is 4.74 Å². The van der Waals surface area contributed by atoms with Gasteiger partial charge in [-0.25, -0.2) is 8.42 Å². The molecular formula is C23H30N2O4S. The number of carbonyl (C=O) groups is 1. The van der Waals surface area contributed by atoms with E-state index in [2.05, 4.69) is 0 Å². The van der Waals surface area contributed by atoms with Gasteiger partial charge >= 0.3 is 0 Å². The third kappa shape index (κ3) is 4.68. The molecule has 7 heteroatoms. The van der Waals surface area contributed by atoms with E-state index in [1.807, 2.05) is 32.0 Å². The summed E-state index contributed by atoms with van der Waals surface area (Å²) in [4.78, 5) is 14.7. The molecule has 0 saturated carbocycles. The van der Waals surface area contributed by atoms with Crippen molar-refractivity contribution in [3.63, 3.8) is 0 Å². The number of nitrogens with zero attached hydrogens (tertiary/aromatic N) is 2. The minimum atomic E-state index is -3.75. The molecule has 2 aromatic rings. The molecule has 1 fully saturated rings. The Morgan fingerprint density at radius 1 is 0.967 bits per heavy atom. The molecule has 162 valence electrons. The summed E-state index contributed by atoms with van der Waals surface area (Å²) in [5.74, 6) is -0.0141. The van der Waals surface area contributed by atoms with Gasteiger partial charge in [-0.15, -0.1) is 0 Å². The lowest BCUT2D eigenvalue weighted by molar-refractivity contribution is 0.0992. The van der Waals surface area contributed by atoms with Crippen LogP contribution < -0.4 is 9.64 Å². The first-order valence-electron chi connectivity index (χ1n) is 10.3. The Kier molecular flexibility index (Phi) is 6.83. The Morgan fingerprint density at radius 3 is 2.13 bits per heavy atom. The maximum absolute atomic E-state index is 13.3. The molecule has 0 bridgehead atoms. The van der Waals surface area contributed by atoms with Crippen LogP contribution in [-0.2, 0) is 10.0 Å². The minimum absolute atomic E-state index is 0.0478. The van der Waals surface area contributed by atoms with Crippen molar-refractivity contribution in [3.05, 3.63) is 53.1 Å². The predicted molar refractivity (Wildman–Crippen MR) is 119 cm³/mol. The quantitative estimate of drug-likeness (QED) is 0.715. The maximum Gasteiger partial charge on any atom is 0.258 e. The van der Waals surface area contributed by atoms with Crippen molar-refractivity contribution in [2.75, 3.05) is 32.1 Å². The van der Waals surface area contributed by atoms with Gasteiger partial charge in [0, 0.05) is 31.4 Å². The van der Waals surface area contributed by atoms with E-state index in [9.17, 15) is 13.2 Å². The molecule has 6 nitrogen and oxygen atoms in total. The number of hydrogen-bond acceptors (Lipinski definition) is 4. The van der Waals surface area contributed by atoms with Gasteiger partial charge in [0.05, 0.1) is 7.11 Å². The van der Waals surface area contributed by atoms with E-state index < -0.39 is 10.0 Å². The maximum atomic E-state index is 13.3. The van der Waals surface area contributed by atoms with Crippen LogP contribution in [0.4, 0.5) is 5.69 Å². The average molecular weight is 431 g/mol. The first-order valence-corrected chi connectivity index (χ1v) is 11.7. The molecule has 1 amide bonds. The van der Waals surface area contributed by atoms with Gasteiger partial charge in [0.15, 0.2) is 0 Å². The highest BCUT2D eigenvalue weighted by molar-refractivity contribution is 7.89. The number of anilines is 1. The highest BCUT2D eigenvalue weighted by Gasteiger charge is 2.29. The minimum Gasteiger partial charge on any atom is -0.495 e. The molecule has 0 atom stereocenters. The zero-order chi connectivity index (χ0) is 21.9. The van der Waals surface area contributed by atoms with E-state index in [0.717, 1.165) is 42.5 Å². The number of carbonyl (C=O) groups excluding carboxylic acids is 1. The number of hydrogen-bond donors (Lipinski definition) is 0. The fraction of sp³-hybridized carbons (Fsp3) is 0.435. The summed E-state index contributed by atoms with van der Waals surface area (Å²) in [6.07, 6.45) is 3.75. The van der Waals surface area contributed by atoms with Gasteiger partial charge in [0.1, 0.15) is 10.6 Å². The predicted octanol–water partition coefficient (Wildman–Crippen LogP) is 4.15. The van der Waals surface area contributed by atoms with Crippen molar-refractivity contribution < 1.29 is 17.9 Å². The summed E-state index contributed by atoms with van der Waals surface area (Å²) >= 11 is 0. The van der Waals surface area contributed by atoms with E-state index >= 15 is 0 Å². The molecule has 0 radical (unpaired) electrons. The van der Waals surface area contributed by atoms with Crippen LogP contribution in [0.25, 0.3) is 0 Å². The Bertz CT molecular complexity index is 1010.